The smallest absolute Gasteiger partial charge is 0.0326 e. The molecule has 2 unspecified atom stereocenters. The summed E-state index contributed by atoms with van der Waals surface area (Å²) in [5, 5.41) is 3.82. The average Bonchev–Trinajstić information content (AvgIpc) is 3.02. The van der Waals surface area contributed by atoms with Crippen LogP contribution in [-0.2, 0) is 6.42 Å². The fourth-order valence-electron chi connectivity index (χ4n) is 3.61. The lowest BCUT2D eigenvalue weighted by atomic mass is 10.0. The first-order valence-electron chi connectivity index (χ1n) is 7.81. The molecule has 2 aliphatic rings. The van der Waals surface area contributed by atoms with Crippen LogP contribution in [0, 0.1) is 12.8 Å². The molecule has 1 N–H and O–H groups in total. The number of hydrogen-bond acceptors (Lipinski definition) is 2. The summed E-state index contributed by atoms with van der Waals surface area (Å²) in [5.74, 6) is 0.855. The maximum absolute atomic E-state index is 3.82. The van der Waals surface area contributed by atoms with E-state index in [4.69, 9.17) is 0 Å². The van der Waals surface area contributed by atoms with Gasteiger partial charge in [-0.2, -0.15) is 0 Å². The molecule has 3 rings (SSSR count). The van der Waals surface area contributed by atoms with Crippen molar-refractivity contribution in [2.45, 2.75) is 39.2 Å². The van der Waals surface area contributed by atoms with Crippen LogP contribution in [0.2, 0.25) is 0 Å². The molecule has 2 heteroatoms. The lowest BCUT2D eigenvalue weighted by molar-refractivity contribution is 0.335. The van der Waals surface area contributed by atoms with Gasteiger partial charge in [-0.3, -0.25) is 0 Å². The van der Waals surface area contributed by atoms with Crippen molar-refractivity contribution in [3.63, 3.8) is 0 Å². The first-order valence-corrected chi connectivity index (χ1v) is 7.81. The van der Waals surface area contributed by atoms with Crippen molar-refractivity contribution < 1.29 is 0 Å². The molecule has 2 atom stereocenters. The second kappa shape index (κ2) is 5.64. The minimum absolute atomic E-state index is 0.602. The Bertz CT molecular complexity index is 441. The minimum Gasteiger partial charge on any atom is -0.310 e. The summed E-state index contributed by atoms with van der Waals surface area (Å²) in [5.41, 5.74) is 4.51. The molecule has 1 saturated heterocycles. The van der Waals surface area contributed by atoms with E-state index in [-0.39, 0.29) is 0 Å². The molecular weight excluding hydrogens is 232 g/mol. The van der Waals surface area contributed by atoms with Gasteiger partial charge >= 0.3 is 0 Å². The molecule has 2 nitrogen and oxygen atoms in total. The molecule has 0 aromatic heterocycles. The molecule has 1 aliphatic carbocycles. The number of nitrogens with zero attached hydrogens (tertiary/aromatic N) is 1. The van der Waals surface area contributed by atoms with Crippen LogP contribution in [0.1, 0.15) is 42.5 Å². The van der Waals surface area contributed by atoms with Gasteiger partial charge in [0, 0.05) is 12.6 Å². The number of benzene rings is 1. The van der Waals surface area contributed by atoms with Crippen LogP contribution in [0.15, 0.2) is 18.2 Å². The quantitative estimate of drug-likeness (QED) is 0.893. The second-order valence-electron chi connectivity index (χ2n) is 6.25. The predicted molar refractivity (Wildman–Crippen MR) is 80.5 cm³/mol. The van der Waals surface area contributed by atoms with Crippen molar-refractivity contribution in [3.05, 3.63) is 34.9 Å². The third-order valence-electron chi connectivity index (χ3n) is 4.85. The summed E-state index contributed by atoms with van der Waals surface area (Å²) in [4.78, 5) is 2.57. The highest BCUT2D eigenvalue weighted by atomic mass is 15.1. The molecule has 1 heterocycles. The van der Waals surface area contributed by atoms with Crippen molar-refractivity contribution in [3.8, 4) is 0 Å². The third kappa shape index (κ3) is 2.85. The van der Waals surface area contributed by atoms with Crippen LogP contribution < -0.4 is 5.32 Å². The number of hydrogen-bond donors (Lipinski definition) is 1. The molecule has 0 radical (unpaired) electrons. The Morgan fingerprint density at radius 1 is 1.32 bits per heavy atom. The zero-order valence-electron chi connectivity index (χ0n) is 12.3. The normalized spacial score (nSPS) is 26.8. The molecular formula is C17H26N2. The predicted octanol–water partition coefficient (Wildman–Crippen LogP) is 2.91. The van der Waals surface area contributed by atoms with E-state index in [1.807, 2.05) is 0 Å². The van der Waals surface area contributed by atoms with Gasteiger partial charge in [-0.05, 0) is 62.9 Å². The highest BCUT2D eigenvalue weighted by Gasteiger charge is 2.25. The van der Waals surface area contributed by atoms with E-state index < -0.39 is 0 Å². The van der Waals surface area contributed by atoms with E-state index in [2.05, 4.69) is 42.3 Å². The van der Waals surface area contributed by atoms with Crippen molar-refractivity contribution in [2.24, 2.45) is 5.92 Å². The minimum atomic E-state index is 0.602. The topological polar surface area (TPSA) is 15.3 Å². The van der Waals surface area contributed by atoms with Crippen LogP contribution in [0.5, 0.6) is 0 Å². The Kier molecular flexibility index (Phi) is 3.90. The zero-order valence-corrected chi connectivity index (χ0v) is 12.3. The Balaban J connectivity index is 1.57. The van der Waals surface area contributed by atoms with E-state index in [0.29, 0.717) is 6.04 Å². The van der Waals surface area contributed by atoms with Crippen LogP contribution in [-0.4, -0.2) is 31.1 Å². The lowest BCUT2D eigenvalue weighted by Gasteiger charge is -2.18. The largest absolute Gasteiger partial charge is 0.310 e. The molecule has 1 aromatic rings. The maximum atomic E-state index is 3.82. The summed E-state index contributed by atoms with van der Waals surface area (Å²) in [6, 6.07) is 7.55. The van der Waals surface area contributed by atoms with Gasteiger partial charge in [-0.1, -0.05) is 30.7 Å². The molecule has 1 aliphatic heterocycles. The number of aryl methyl sites for hydroxylation is 2. The monoisotopic (exact) mass is 258 g/mol. The summed E-state index contributed by atoms with van der Waals surface area (Å²) in [6.07, 6.45) is 3.90. The average molecular weight is 258 g/mol. The third-order valence-corrected chi connectivity index (χ3v) is 4.85. The fourth-order valence-corrected chi connectivity index (χ4v) is 3.61. The molecule has 0 spiro atoms. The second-order valence-corrected chi connectivity index (χ2v) is 6.25. The first-order chi connectivity index (χ1) is 9.26. The molecule has 1 fully saturated rings. The van der Waals surface area contributed by atoms with Gasteiger partial charge < -0.3 is 10.2 Å². The molecule has 19 heavy (non-hydrogen) atoms. The van der Waals surface area contributed by atoms with E-state index in [0.717, 1.165) is 5.92 Å². The van der Waals surface area contributed by atoms with Crippen LogP contribution in [0.4, 0.5) is 0 Å². The molecule has 104 valence electrons. The van der Waals surface area contributed by atoms with Gasteiger partial charge in [0.1, 0.15) is 0 Å². The van der Waals surface area contributed by atoms with Gasteiger partial charge in [0.2, 0.25) is 0 Å². The van der Waals surface area contributed by atoms with E-state index >= 15 is 0 Å². The standard InChI is InChI=1S/C17H26N2/c1-3-19-9-8-14(12-19)11-18-17-7-6-15-5-4-13(2)10-16(15)17/h4-5,10,14,17-18H,3,6-9,11-12H2,1-2H3. The molecule has 0 saturated carbocycles. The van der Waals surface area contributed by atoms with Crippen molar-refractivity contribution in [1.82, 2.24) is 10.2 Å². The van der Waals surface area contributed by atoms with Gasteiger partial charge in [0.15, 0.2) is 0 Å². The molecule has 0 bridgehead atoms. The SMILES string of the molecule is CCN1CCC(CNC2CCc3ccc(C)cc32)C1. The van der Waals surface area contributed by atoms with Crippen LogP contribution in [0.25, 0.3) is 0 Å². The molecule has 1 aromatic carbocycles. The summed E-state index contributed by atoms with van der Waals surface area (Å²) in [6.45, 7) is 9.45. The summed E-state index contributed by atoms with van der Waals surface area (Å²) >= 11 is 0. The van der Waals surface area contributed by atoms with E-state index in [1.54, 1.807) is 11.1 Å². The maximum Gasteiger partial charge on any atom is 0.0326 e. The Hall–Kier alpha value is -0.860. The number of rotatable bonds is 4. The number of fused-ring (bicyclic) bond motifs is 1. The fraction of sp³-hybridized carbons (Fsp3) is 0.647. The summed E-state index contributed by atoms with van der Waals surface area (Å²) in [7, 11) is 0. The van der Waals surface area contributed by atoms with Crippen molar-refractivity contribution >= 4 is 0 Å². The van der Waals surface area contributed by atoms with E-state index in [1.165, 1.54) is 51.0 Å². The highest BCUT2D eigenvalue weighted by Crippen LogP contribution is 2.32. The highest BCUT2D eigenvalue weighted by molar-refractivity contribution is 5.37. The number of nitrogens with one attached hydrogen (secondary N) is 1. The Morgan fingerprint density at radius 2 is 2.21 bits per heavy atom. The van der Waals surface area contributed by atoms with Gasteiger partial charge in [0.25, 0.3) is 0 Å². The van der Waals surface area contributed by atoms with Gasteiger partial charge in [0.05, 0.1) is 0 Å². The summed E-state index contributed by atoms with van der Waals surface area (Å²) < 4.78 is 0. The Labute approximate surface area is 117 Å². The Morgan fingerprint density at radius 3 is 3.00 bits per heavy atom. The first kappa shape index (κ1) is 13.1. The van der Waals surface area contributed by atoms with Gasteiger partial charge in [-0.15, -0.1) is 0 Å². The van der Waals surface area contributed by atoms with E-state index in [9.17, 15) is 0 Å². The van der Waals surface area contributed by atoms with Crippen LogP contribution >= 0.6 is 0 Å². The lowest BCUT2D eigenvalue weighted by Crippen LogP contribution is -2.28. The number of likely N-dealkylation sites (tertiary alicyclic amines) is 1. The zero-order chi connectivity index (χ0) is 13.2. The van der Waals surface area contributed by atoms with Crippen molar-refractivity contribution in [2.75, 3.05) is 26.2 Å². The van der Waals surface area contributed by atoms with Crippen LogP contribution in [0.3, 0.4) is 0 Å². The molecule has 0 amide bonds. The van der Waals surface area contributed by atoms with Gasteiger partial charge in [-0.25, -0.2) is 0 Å². The van der Waals surface area contributed by atoms with Crippen molar-refractivity contribution in [1.29, 1.82) is 0 Å².